The first-order valence-corrected chi connectivity index (χ1v) is 7.79. The lowest BCUT2D eigenvalue weighted by Crippen LogP contribution is -2.39. The van der Waals surface area contributed by atoms with Gasteiger partial charge in [0.2, 0.25) is 0 Å². The van der Waals surface area contributed by atoms with Crippen LogP contribution in [0.15, 0.2) is 42.6 Å². The van der Waals surface area contributed by atoms with Crippen molar-refractivity contribution in [2.24, 2.45) is 0 Å². The molecule has 1 heterocycles. The first kappa shape index (κ1) is 15.8. The standard InChI is InChI=1S/C18H27N3/c1-15(2)21-13-11-17(20-21)14-19-18(3,4)12-10-16-8-6-5-7-9-16/h5-9,11,13,15,19H,10,12,14H2,1-4H3. The molecular formula is C18H27N3. The molecule has 1 aromatic heterocycles. The fourth-order valence-electron chi connectivity index (χ4n) is 2.28. The molecule has 0 fully saturated rings. The van der Waals surface area contributed by atoms with Gasteiger partial charge in [-0.25, -0.2) is 0 Å². The van der Waals surface area contributed by atoms with E-state index in [0.29, 0.717) is 6.04 Å². The summed E-state index contributed by atoms with van der Waals surface area (Å²) in [6.45, 7) is 9.63. The van der Waals surface area contributed by atoms with Gasteiger partial charge in [0.05, 0.1) is 5.69 Å². The number of hydrogen-bond acceptors (Lipinski definition) is 2. The average Bonchev–Trinajstić information content (AvgIpc) is 2.94. The first-order chi connectivity index (χ1) is 9.96. The van der Waals surface area contributed by atoms with E-state index in [4.69, 9.17) is 0 Å². The molecule has 0 amide bonds. The lowest BCUT2D eigenvalue weighted by atomic mass is 9.95. The smallest absolute Gasteiger partial charge is 0.0762 e. The molecular weight excluding hydrogens is 258 g/mol. The number of rotatable bonds is 7. The van der Waals surface area contributed by atoms with Gasteiger partial charge in [0, 0.05) is 24.3 Å². The Kier molecular flexibility index (Phi) is 5.18. The van der Waals surface area contributed by atoms with E-state index in [0.717, 1.165) is 25.1 Å². The Balaban J connectivity index is 1.82. The van der Waals surface area contributed by atoms with Crippen LogP contribution >= 0.6 is 0 Å². The van der Waals surface area contributed by atoms with Crippen LogP contribution in [0.4, 0.5) is 0 Å². The fraction of sp³-hybridized carbons (Fsp3) is 0.500. The summed E-state index contributed by atoms with van der Waals surface area (Å²) in [4.78, 5) is 0. The number of hydrogen-bond donors (Lipinski definition) is 1. The van der Waals surface area contributed by atoms with E-state index in [2.05, 4.69) is 80.7 Å². The van der Waals surface area contributed by atoms with E-state index in [1.54, 1.807) is 0 Å². The summed E-state index contributed by atoms with van der Waals surface area (Å²) in [5, 5.41) is 8.21. The second-order valence-corrected chi connectivity index (χ2v) is 6.60. The molecule has 3 heteroatoms. The van der Waals surface area contributed by atoms with Gasteiger partial charge in [0.15, 0.2) is 0 Å². The van der Waals surface area contributed by atoms with Crippen LogP contribution in [0.3, 0.4) is 0 Å². The van der Waals surface area contributed by atoms with E-state index >= 15 is 0 Å². The monoisotopic (exact) mass is 285 g/mol. The van der Waals surface area contributed by atoms with Gasteiger partial charge in [-0.2, -0.15) is 5.10 Å². The summed E-state index contributed by atoms with van der Waals surface area (Å²) in [7, 11) is 0. The van der Waals surface area contributed by atoms with E-state index in [9.17, 15) is 0 Å². The van der Waals surface area contributed by atoms with E-state index in [1.165, 1.54) is 5.56 Å². The van der Waals surface area contributed by atoms with Crippen LogP contribution < -0.4 is 5.32 Å². The Morgan fingerprint density at radius 3 is 2.48 bits per heavy atom. The van der Waals surface area contributed by atoms with E-state index < -0.39 is 0 Å². The molecule has 0 aliphatic rings. The topological polar surface area (TPSA) is 29.9 Å². The molecule has 0 aliphatic heterocycles. The van der Waals surface area contributed by atoms with Gasteiger partial charge in [0.1, 0.15) is 0 Å². The van der Waals surface area contributed by atoms with Crippen LogP contribution in [-0.2, 0) is 13.0 Å². The second kappa shape index (κ2) is 6.90. The van der Waals surface area contributed by atoms with Crippen LogP contribution in [0.5, 0.6) is 0 Å². The number of aromatic nitrogens is 2. The molecule has 0 saturated carbocycles. The Bertz CT molecular complexity index is 541. The van der Waals surface area contributed by atoms with Crippen molar-refractivity contribution in [1.82, 2.24) is 15.1 Å². The van der Waals surface area contributed by atoms with Gasteiger partial charge in [-0.15, -0.1) is 0 Å². The summed E-state index contributed by atoms with van der Waals surface area (Å²) in [5.74, 6) is 0. The van der Waals surface area contributed by atoms with Crippen LogP contribution in [0.1, 0.15) is 51.4 Å². The summed E-state index contributed by atoms with van der Waals surface area (Å²) in [6, 6.07) is 13.2. The highest BCUT2D eigenvalue weighted by Crippen LogP contribution is 2.14. The van der Waals surface area contributed by atoms with Crippen molar-refractivity contribution in [1.29, 1.82) is 0 Å². The zero-order valence-corrected chi connectivity index (χ0v) is 13.6. The van der Waals surface area contributed by atoms with Gasteiger partial charge in [-0.3, -0.25) is 4.68 Å². The van der Waals surface area contributed by atoms with Gasteiger partial charge in [-0.05, 0) is 52.2 Å². The Hall–Kier alpha value is -1.61. The maximum absolute atomic E-state index is 4.59. The molecule has 0 aliphatic carbocycles. The molecule has 0 unspecified atom stereocenters. The zero-order valence-electron chi connectivity index (χ0n) is 13.6. The predicted molar refractivity (Wildman–Crippen MR) is 88.3 cm³/mol. The number of benzene rings is 1. The summed E-state index contributed by atoms with van der Waals surface area (Å²) >= 11 is 0. The largest absolute Gasteiger partial charge is 0.306 e. The van der Waals surface area contributed by atoms with E-state index in [1.807, 2.05) is 4.68 Å². The van der Waals surface area contributed by atoms with Crippen molar-refractivity contribution in [2.45, 2.75) is 58.7 Å². The predicted octanol–water partition coefficient (Wildman–Crippen LogP) is 3.97. The van der Waals surface area contributed by atoms with Crippen LogP contribution in [0, 0.1) is 0 Å². The molecule has 0 atom stereocenters. The SMILES string of the molecule is CC(C)n1ccc(CNC(C)(C)CCc2ccccc2)n1. The molecule has 1 N–H and O–H groups in total. The quantitative estimate of drug-likeness (QED) is 0.834. The lowest BCUT2D eigenvalue weighted by molar-refractivity contribution is 0.357. The van der Waals surface area contributed by atoms with Crippen molar-refractivity contribution >= 4 is 0 Å². The van der Waals surface area contributed by atoms with Crippen LogP contribution in [0.25, 0.3) is 0 Å². The minimum Gasteiger partial charge on any atom is -0.306 e. The summed E-state index contributed by atoms with van der Waals surface area (Å²) < 4.78 is 2.01. The second-order valence-electron chi connectivity index (χ2n) is 6.60. The van der Waals surface area contributed by atoms with Crippen LogP contribution in [0.2, 0.25) is 0 Å². The third-order valence-electron chi connectivity index (χ3n) is 3.82. The molecule has 0 saturated heterocycles. The zero-order chi connectivity index (χ0) is 15.3. The maximum atomic E-state index is 4.59. The highest BCUT2D eigenvalue weighted by atomic mass is 15.3. The van der Waals surface area contributed by atoms with Crippen molar-refractivity contribution in [2.75, 3.05) is 0 Å². The van der Waals surface area contributed by atoms with Gasteiger partial charge < -0.3 is 5.32 Å². The number of aryl methyl sites for hydroxylation is 1. The van der Waals surface area contributed by atoms with Crippen molar-refractivity contribution in [3.05, 3.63) is 53.9 Å². The molecule has 2 rings (SSSR count). The molecule has 3 nitrogen and oxygen atoms in total. The van der Waals surface area contributed by atoms with Crippen molar-refractivity contribution < 1.29 is 0 Å². The Morgan fingerprint density at radius 2 is 1.86 bits per heavy atom. The van der Waals surface area contributed by atoms with Crippen molar-refractivity contribution in [3.63, 3.8) is 0 Å². The minimum atomic E-state index is 0.109. The maximum Gasteiger partial charge on any atom is 0.0762 e. The molecule has 0 radical (unpaired) electrons. The number of nitrogens with one attached hydrogen (secondary N) is 1. The molecule has 1 aromatic carbocycles. The molecule has 114 valence electrons. The highest BCUT2D eigenvalue weighted by Gasteiger charge is 2.17. The third-order valence-corrected chi connectivity index (χ3v) is 3.82. The van der Waals surface area contributed by atoms with Gasteiger partial charge in [-0.1, -0.05) is 30.3 Å². The molecule has 21 heavy (non-hydrogen) atoms. The summed E-state index contributed by atoms with van der Waals surface area (Å²) in [6.07, 6.45) is 4.27. The lowest BCUT2D eigenvalue weighted by Gasteiger charge is -2.26. The van der Waals surface area contributed by atoms with E-state index in [-0.39, 0.29) is 5.54 Å². The summed E-state index contributed by atoms with van der Waals surface area (Å²) in [5.41, 5.74) is 2.62. The highest BCUT2D eigenvalue weighted by molar-refractivity contribution is 5.15. The van der Waals surface area contributed by atoms with Crippen molar-refractivity contribution in [3.8, 4) is 0 Å². The number of nitrogens with zero attached hydrogens (tertiary/aromatic N) is 2. The minimum absolute atomic E-state index is 0.109. The molecule has 0 spiro atoms. The Labute approximate surface area is 128 Å². The fourth-order valence-corrected chi connectivity index (χ4v) is 2.28. The van der Waals surface area contributed by atoms with Gasteiger partial charge >= 0.3 is 0 Å². The van der Waals surface area contributed by atoms with Gasteiger partial charge in [0.25, 0.3) is 0 Å². The molecule has 0 bridgehead atoms. The first-order valence-electron chi connectivity index (χ1n) is 7.79. The average molecular weight is 285 g/mol. The Morgan fingerprint density at radius 1 is 1.14 bits per heavy atom. The van der Waals surface area contributed by atoms with Crippen LogP contribution in [-0.4, -0.2) is 15.3 Å². The molecule has 2 aromatic rings. The third kappa shape index (κ3) is 5.01. The normalized spacial score (nSPS) is 12.0.